The van der Waals surface area contributed by atoms with Crippen LogP contribution in [0.3, 0.4) is 0 Å². The van der Waals surface area contributed by atoms with Crippen molar-refractivity contribution in [2.75, 3.05) is 18.0 Å². The topological polar surface area (TPSA) is 66.8 Å². The number of rotatable bonds is 2. The molecular formula is C17H19N5O. The van der Waals surface area contributed by atoms with Crippen LogP contribution in [0.4, 0.5) is 5.95 Å². The predicted octanol–water partition coefficient (Wildman–Crippen LogP) is 2.04. The molecule has 1 saturated heterocycles. The number of fused-ring (bicyclic) bond motifs is 1. The molecule has 0 radical (unpaired) electrons. The van der Waals surface area contributed by atoms with Gasteiger partial charge >= 0.3 is 0 Å². The van der Waals surface area contributed by atoms with Crippen LogP contribution in [-0.2, 0) is 7.05 Å². The van der Waals surface area contributed by atoms with Crippen LogP contribution >= 0.6 is 0 Å². The molecule has 6 heteroatoms. The largest absolute Gasteiger partial charge is 0.342 e. The van der Waals surface area contributed by atoms with Crippen LogP contribution in [-0.4, -0.2) is 32.8 Å². The molecule has 118 valence electrons. The lowest BCUT2D eigenvalue weighted by atomic mass is 9.90. The fourth-order valence-electron chi connectivity index (χ4n) is 3.32. The Labute approximate surface area is 133 Å². The number of aryl methyl sites for hydroxylation is 1. The van der Waals surface area contributed by atoms with E-state index in [0.717, 1.165) is 25.9 Å². The Morgan fingerprint density at radius 1 is 1.17 bits per heavy atom. The zero-order valence-corrected chi connectivity index (χ0v) is 13.1. The van der Waals surface area contributed by atoms with E-state index in [-0.39, 0.29) is 5.56 Å². The van der Waals surface area contributed by atoms with Crippen LogP contribution in [0, 0.1) is 0 Å². The normalized spacial score (nSPS) is 16.1. The number of aromatic nitrogens is 4. The van der Waals surface area contributed by atoms with E-state index in [2.05, 4.69) is 50.3 Å². The summed E-state index contributed by atoms with van der Waals surface area (Å²) in [6, 6.07) is 10.6. The molecule has 0 atom stereocenters. The first kappa shape index (κ1) is 14.0. The van der Waals surface area contributed by atoms with Crippen molar-refractivity contribution in [1.82, 2.24) is 19.7 Å². The second kappa shape index (κ2) is 5.53. The van der Waals surface area contributed by atoms with Gasteiger partial charge in [-0.15, -0.1) is 0 Å². The van der Waals surface area contributed by atoms with Gasteiger partial charge in [0.15, 0.2) is 5.65 Å². The molecule has 0 aliphatic carbocycles. The summed E-state index contributed by atoms with van der Waals surface area (Å²) in [6.07, 6.45) is 3.70. The van der Waals surface area contributed by atoms with Crippen molar-refractivity contribution in [2.45, 2.75) is 18.8 Å². The maximum Gasteiger partial charge on any atom is 0.263 e. The Kier molecular flexibility index (Phi) is 3.37. The quantitative estimate of drug-likeness (QED) is 0.786. The highest BCUT2D eigenvalue weighted by molar-refractivity contribution is 5.74. The molecule has 0 saturated carbocycles. The summed E-state index contributed by atoms with van der Waals surface area (Å²) in [5.74, 6) is 1.23. The lowest BCUT2D eigenvalue weighted by Gasteiger charge is -2.32. The molecule has 3 heterocycles. The van der Waals surface area contributed by atoms with E-state index in [4.69, 9.17) is 0 Å². The van der Waals surface area contributed by atoms with Crippen molar-refractivity contribution in [2.24, 2.45) is 7.05 Å². The molecule has 1 aromatic carbocycles. The lowest BCUT2D eigenvalue weighted by molar-refractivity contribution is 0.499. The second-order valence-electron chi connectivity index (χ2n) is 6.07. The molecule has 4 rings (SSSR count). The van der Waals surface area contributed by atoms with Crippen LogP contribution in [0.25, 0.3) is 11.0 Å². The monoisotopic (exact) mass is 309 g/mol. The minimum atomic E-state index is -0.122. The Hall–Kier alpha value is -2.63. The van der Waals surface area contributed by atoms with E-state index < -0.39 is 0 Å². The summed E-state index contributed by atoms with van der Waals surface area (Å²) in [5, 5.41) is 4.65. The summed E-state index contributed by atoms with van der Waals surface area (Å²) in [5.41, 5.74) is 1.91. The van der Waals surface area contributed by atoms with Gasteiger partial charge in [-0.2, -0.15) is 10.1 Å². The van der Waals surface area contributed by atoms with Crippen molar-refractivity contribution in [3.8, 4) is 0 Å². The summed E-state index contributed by atoms with van der Waals surface area (Å²) < 4.78 is 1.64. The SMILES string of the molecule is Cn1ncc2c(=O)[nH]c(N3CCC(c4ccccc4)CC3)nc21. The number of H-pyrrole nitrogens is 1. The van der Waals surface area contributed by atoms with Gasteiger partial charge in [0.25, 0.3) is 5.56 Å². The van der Waals surface area contributed by atoms with Gasteiger partial charge in [-0.3, -0.25) is 14.5 Å². The van der Waals surface area contributed by atoms with Crippen molar-refractivity contribution in [3.05, 3.63) is 52.4 Å². The molecule has 1 N–H and O–H groups in total. The number of aromatic amines is 1. The maximum absolute atomic E-state index is 12.2. The van der Waals surface area contributed by atoms with Gasteiger partial charge in [-0.25, -0.2) is 0 Å². The highest BCUT2D eigenvalue weighted by Crippen LogP contribution is 2.29. The van der Waals surface area contributed by atoms with Crippen molar-refractivity contribution < 1.29 is 0 Å². The molecule has 0 unspecified atom stereocenters. The van der Waals surface area contributed by atoms with Gasteiger partial charge in [-0.05, 0) is 24.3 Å². The van der Waals surface area contributed by atoms with Crippen LogP contribution in [0.1, 0.15) is 24.3 Å². The first-order valence-corrected chi connectivity index (χ1v) is 7.94. The summed E-state index contributed by atoms with van der Waals surface area (Å²) in [7, 11) is 1.81. The third-order valence-electron chi connectivity index (χ3n) is 4.65. The number of nitrogens with zero attached hydrogens (tertiary/aromatic N) is 4. The van der Waals surface area contributed by atoms with E-state index in [9.17, 15) is 4.79 Å². The van der Waals surface area contributed by atoms with Gasteiger partial charge < -0.3 is 4.90 Å². The van der Waals surface area contributed by atoms with Crippen molar-refractivity contribution >= 4 is 17.0 Å². The van der Waals surface area contributed by atoms with Crippen LogP contribution < -0.4 is 10.5 Å². The molecule has 0 spiro atoms. The van der Waals surface area contributed by atoms with E-state index in [0.29, 0.717) is 22.9 Å². The summed E-state index contributed by atoms with van der Waals surface area (Å²) in [6.45, 7) is 1.79. The Bertz CT molecular complexity index is 875. The number of hydrogen-bond acceptors (Lipinski definition) is 4. The smallest absolute Gasteiger partial charge is 0.263 e. The number of hydrogen-bond donors (Lipinski definition) is 1. The zero-order chi connectivity index (χ0) is 15.8. The average Bonchev–Trinajstić information content (AvgIpc) is 2.98. The van der Waals surface area contributed by atoms with Crippen LogP contribution in [0.2, 0.25) is 0 Å². The Balaban J connectivity index is 1.57. The number of piperidine rings is 1. The fraction of sp³-hybridized carbons (Fsp3) is 0.353. The predicted molar refractivity (Wildman–Crippen MR) is 89.8 cm³/mol. The molecule has 0 bridgehead atoms. The Morgan fingerprint density at radius 2 is 1.91 bits per heavy atom. The van der Waals surface area contributed by atoms with Gasteiger partial charge in [0.1, 0.15) is 5.39 Å². The summed E-state index contributed by atoms with van der Waals surface area (Å²) in [4.78, 5) is 21.8. The zero-order valence-electron chi connectivity index (χ0n) is 13.1. The third-order valence-corrected chi connectivity index (χ3v) is 4.65. The summed E-state index contributed by atoms with van der Waals surface area (Å²) >= 11 is 0. The molecule has 1 aliphatic rings. The minimum absolute atomic E-state index is 0.122. The van der Waals surface area contributed by atoms with Gasteiger partial charge in [-0.1, -0.05) is 30.3 Å². The molecular weight excluding hydrogens is 290 g/mol. The molecule has 6 nitrogen and oxygen atoms in total. The lowest BCUT2D eigenvalue weighted by Crippen LogP contribution is -2.35. The van der Waals surface area contributed by atoms with Crippen LogP contribution in [0.5, 0.6) is 0 Å². The Morgan fingerprint density at radius 3 is 2.65 bits per heavy atom. The van der Waals surface area contributed by atoms with Crippen molar-refractivity contribution in [1.29, 1.82) is 0 Å². The highest BCUT2D eigenvalue weighted by Gasteiger charge is 2.22. The molecule has 1 fully saturated rings. The highest BCUT2D eigenvalue weighted by atomic mass is 16.1. The third kappa shape index (κ3) is 2.50. The van der Waals surface area contributed by atoms with Gasteiger partial charge in [0.05, 0.1) is 6.20 Å². The molecule has 23 heavy (non-hydrogen) atoms. The van der Waals surface area contributed by atoms with E-state index in [1.807, 2.05) is 0 Å². The molecule has 3 aromatic rings. The number of benzene rings is 1. The van der Waals surface area contributed by atoms with Crippen LogP contribution in [0.15, 0.2) is 41.3 Å². The standard InChI is InChI=1S/C17H19N5O/c1-21-15-14(11-18-21)16(23)20-17(19-15)22-9-7-13(8-10-22)12-5-3-2-4-6-12/h2-6,11,13H,7-10H2,1H3,(H,19,20,23). The molecule has 1 aliphatic heterocycles. The van der Waals surface area contributed by atoms with E-state index in [1.54, 1.807) is 17.9 Å². The minimum Gasteiger partial charge on any atom is -0.342 e. The molecule has 0 amide bonds. The first-order valence-electron chi connectivity index (χ1n) is 7.94. The number of anilines is 1. The van der Waals surface area contributed by atoms with Crippen molar-refractivity contribution in [3.63, 3.8) is 0 Å². The first-order chi connectivity index (χ1) is 11.2. The van der Waals surface area contributed by atoms with Gasteiger partial charge in [0, 0.05) is 20.1 Å². The van der Waals surface area contributed by atoms with Gasteiger partial charge in [0.2, 0.25) is 5.95 Å². The molecule has 2 aromatic heterocycles. The number of nitrogens with one attached hydrogen (secondary N) is 1. The second-order valence-corrected chi connectivity index (χ2v) is 6.07. The average molecular weight is 309 g/mol. The maximum atomic E-state index is 12.2. The van der Waals surface area contributed by atoms with E-state index in [1.165, 1.54) is 5.56 Å². The van der Waals surface area contributed by atoms with E-state index >= 15 is 0 Å². The fourth-order valence-corrected chi connectivity index (χ4v) is 3.32.